The van der Waals surface area contributed by atoms with Gasteiger partial charge in [0.2, 0.25) is 5.91 Å². The van der Waals surface area contributed by atoms with Crippen molar-refractivity contribution in [1.29, 1.82) is 0 Å². The average molecular weight is 239 g/mol. The number of nitrogens with zero attached hydrogens (tertiary/aromatic N) is 2. The number of likely N-dealkylation sites (N-methyl/N-ethyl adjacent to an activating group) is 1. The minimum Gasteiger partial charge on any atom is -0.339 e. The van der Waals surface area contributed by atoms with Gasteiger partial charge in [-0.15, -0.1) is 0 Å². The quantitative estimate of drug-likeness (QED) is 0.766. The highest BCUT2D eigenvalue weighted by molar-refractivity contribution is 5.78. The molecule has 4 nitrogen and oxygen atoms in total. The predicted octanol–water partition coefficient (Wildman–Crippen LogP) is 0.681. The van der Waals surface area contributed by atoms with E-state index < -0.39 is 0 Å². The number of carbonyl (C=O) groups is 1. The molecule has 1 saturated carbocycles. The summed E-state index contributed by atoms with van der Waals surface area (Å²) in [7, 11) is 2.03. The smallest absolute Gasteiger partial charge is 0.236 e. The third kappa shape index (κ3) is 3.42. The van der Waals surface area contributed by atoms with E-state index in [9.17, 15) is 4.79 Å². The number of carbonyl (C=O) groups excluding carboxylic acids is 1. The summed E-state index contributed by atoms with van der Waals surface area (Å²) in [6.07, 6.45) is 4.75. The monoisotopic (exact) mass is 239 g/mol. The molecule has 0 unspecified atom stereocenters. The molecule has 1 aliphatic heterocycles. The molecule has 17 heavy (non-hydrogen) atoms. The summed E-state index contributed by atoms with van der Waals surface area (Å²) in [5.74, 6) is 0.331. The van der Waals surface area contributed by atoms with Crippen molar-refractivity contribution in [2.45, 2.75) is 44.7 Å². The molecule has 1 amide bonds. The minimum absolute atomic E-state index is 0.331. The van der Waals surface area contributed by atoms with E-state index in [2.05, 4.69) is 22.0 Å². The van der Waals surface area contributed by atoms with Gasteiger partial charge in [-0.2, -0.15) is 0 Å². The number of nitrogens with one attached hydrogen (secondary N) is 1. The number of piperidine rings is 1. The molecule has 1 heterocycles. The van der Waals surface area contributed by atoms with Gasteiger partial charge in [0.1, 0.15) is 0 Å². The Labute approximate surface area is 104 Å². The van der Waals surface area contributed by atoms with Crippen LogP contribution in [-0.4, -0.2) is 61.0 Å². The molecule has 2 fully saturated rings. The molecule has 98 valence electrons. The Hall–Kier alpha value is -0.610. The molecule has 0 bridgehead atoms. The van der Waals surface area contributed by atoms with Crippen molar-refractivity contribution in [2.24, 2.45) is 0 Å². The van der Waals surface area contributed by atoms with Gasteiger partial charge >= 0.3 is 0 Å². The first-order chi connectivity index (χ1) is 8.24. The summed E-state index contributed by atoms with van der Waals surface area (Å²) in [6.45, 7) is 5.69. The van der Waals surface area contributed by atoms with Crippen LogP contribution in [0.15, 0.2) is 0 Å². The largest absolute Gasteiger partial charge is 0.339 e. The van der Waals surface area contributed by atoms with Gasteiger partial charge in [0.15, 0.2) is 0 Å². The Bertz CT molecular complexity index is 257. The standard InChI is InChI=1S/C13H25N3O/c1-3-16(12-4-5-12)13(17)10-15-8-6-11(14-2)7-9-15/h11-12,14H,3-10H2,1-2H3. The summed E-state index contributed by atoms with van der Waals surface area (Å²) in [5, 5.41) is 3.32. The van der Waals surface area contributed by atoms with Crippen LogP contribution in [0.4, 0.5) is 0 Å². The molecule has 0 spiro atoms. The van der Waals surface area contributed by atoms with Crippen LogP contribution in [0.25, 0.3) is 0 Å². The zero-order chi connectivity index (χ0) is 12.3. The van der Waals surface area contributed by atoms with Crippen molar-refractivity contribution in [3.8, 4) is 0 Å². The summed E-state index contributed by atoms with van der Waals surface area (Å²) in [5.41, 5.74) is 0. The van der Waals surface area contributed by atoms with Crippen LogP contribution in [0.5, 0.6) is 0 Å². The van der Waals surface area contributed by atoms with E-state index in [4.69, 9.17) is 0 Å². The third-order valence-corrected chi connectivity index (χ3v) is 4.00. The van der Waals surface area contributed by atoms with E-state index in [1.54, 1.807) is 0 Å². The lowest BCUT2D eigenvalue weighted by molar-refractivity contribution is -0.133. The molecule has 2 rings (SSSR count). The molecular formula is C13H25N3O. The van der Waals surface area contributed by atoms with Gasteiger partial charge in [-0.3, -0.25) is 9.69 Å². The van der Waals surface area contributed by atoms with E-state index >= 15 is 0 Å². The first-order valence-corrected chi connectivity index (χ1v) is 6.93. The van der Waals surface area contributed by atoms with E-state index in [0.29, 0.717) is 24.5 Å². The maximum absolute atomic E-state index is 12.1. The molecule has 1 aliphatic carbocycles. The lowest BCUT2D eigenvalue weighted by atomic mass is 10.1. The third-order valence-electron chi connectivity index (χ3n) is 4.00. The van der Waals surface area contributed by atoms with Gasteiger partial charge in [-0.05, 0) is 39.7 Å². The van der Waals surface area contributed by atoms with Crippen LogP contribution in [0.3, 0.4) is 0 Å². The van der Waals surface area contributed by atoms with E-state index in [0.717, 1.165) is 19.6 Å². The van der Waals surface area contributed by atoms with Gasteiger partial charge in [-0.25, -0.2) is 0 Å². The fourth-order valence-electron chi connectivity index (χ4n) is 2.69. The number of rotatable bonds is 5. The van der Waals surface area contributed by atoms with Gasteiger partial charge in [-0.1, -0.05) is 0 Å². The molecule has 4 heteroatoms. The minimum atomic E-state index is 0.331. The first kappa shape index (κ1) is 12.8. The maximum Gasteiger partial charge on any atom is 0.236 e. The van der Waals surface area contributed by atoms with Crippen molar-refractivity contribution >= 4 is 5.91 Å². The van der Waals surface area contributed by atoms with Crippen LogP contribution in [0.1, 0.15) is 32.6 Å². The van der Waals surface area contributed by atoms with Crippen molar-refractivity contribution in [1.82, 2.24) is 15.1 Å². The number of likely N-dealkylation sites (tertiary alicyclic amines) is 1. The normalized spacial score (nSPS) is 22.7. The molecular weight excluding hydrogens is 214 g/mol. The second kappa shape index (κ2) is 5.83. The average Bonchev–Trinajstić information content (AvgIpc) is 3.15. The zero-order valence-electron chi connectivity index (χ0n) is 11.1. The zero-order valence-corrected chi connectivity index (χ0v) is 11.1. The molecule has 1 saturated heterocycles. The Balaban J connectivity index is 1.75. The van der Waals surface area contributed by atoms with Crippen LogP contribution < -0.4 is 5.32 Å². The molecule has 0 aromatic heterocycles. The number of amides is 1. The lowest BCUT2D eigenvalue weighted by Gasteiger charge is -2.32. The second-order valence-electron chi connectivity index (χ2n) is 5.25. The fraction of sp³-hybridized carbons (Fsp3) is 0.923. The fourth-order valence-corrected chi connectivity index (χ4v) is 2.69. The number of hydrogen-bond acceptors (Lipinski definition) is 3. The van der Waals surface area contributed by atoms with Crippen LogP contribution >= 0.6 is 0 Å². The van der Waals surface area contributed by atoms with Crippen molar-refractivity contribution in [2.75, 3.05) is 33.2 Å². The highest BCUT2D eigenvalue weighted by Crippen LogP contribution is 2.26. The van der Waals surface area contributed by atoms with E-state index in [1.165, 1.54) is 25.7 Å². The molecule has 2 aliphatic rings. The van der Waals surface area contributed by atoms with Crippen LogP contribution in [0, 0.1) is 0 Å². The topological polar surface area (TPSA) is 35.6 Å². The van der Waals surface area contributed by atoms with Gasteiger partial charge in [0.05, 0.1) is 6.54 Å². The molecule has 0 atom stereocenters. The Kier molecular flexibility index (Phi) is 4.40. The molecule has 1 N–H and O–H groups in total. The highest BCUT2D eigenvalue weighted by atomic mass is 16.2. The summed E-state index contributed by atoms with van der Waals surface area (Å²) >= 11 is 0. The van der Waals surface area contributed by atoms with Gasteiger partial charge in [0, 0.05) is 31.7 Å². The van der Waals surface area contributed by atoms with Crippen molar-refractivity contribution < 1.29 is 4.79 Å². The SMILES string of the molecule is CCN(C(=O)CN1CCC(NC)CC1)C1CC1. The Morgan fingerprint density at radius 2 is 1.94 bits per heavy atom. The van der Waals surface area contributed by atoms with E-state index in [-0.39, 0.29) is 0 Å². The second-order valence-corrected chi connectivity index (χ2v) is 5.25. The Morgan fingerprint density at radius 3 is 2.41 bits per heavy atom. The van der Waals surface area contributed by atoms with Crippen molar-refractivity contribution in [3.63, 3.8) is 0 Å². The first-order valence-electron chi connectivity index (χ1n) is 6.93. The summed E-state index contributed by atoms with van der Waals surface area (Å²) in [6, 6.07) is 1.20. The number of hydrogen-bond donors (Lipinski definition) is 1. The van der Waals surface area contributed by atoms with E-state index in [1.807, 2.05) is 7.05 Å². The predicted molar refractivity (Wildman–Crippen MR) is 68.9 cm³/mol. The van der Waals surface area contributed by atoms with Crippen LogP contribution in [0.2, 0.25) is 0 Å². The molecule has 0 aromatic rings. The highest BCUT2D eigenvalue weighted by Gasteiger charge is 2.32. The maximum atomic E-state index is 12.1. The Morgan fingerprint density at radius 1 is 1.29 bits per heavy atom. The van der Waals surface area contributed by atoms with Gasteiger partial charge in [0.25, 0.3) is 0 Å². The molecule has 0 radical (unpaired) electrons. The molecule has 0 aromatic carbocycles. The van der Waals surface area contributed by atoms with Crippen LogP contribution in [-0.2, 0) is 4.79 Å². The summed E-state index contributed by atoms with van der Waals surface area (Å²) in [4.78, 5) is 16.5. The van der Waals surface area contributed by atoms with Gasteiger partial charge < -0.3 is 10.2 Å². The van der Waals surface area contributed by atoms with Crippen molar-refractivity contribution in [3.05, 3.63) is 0 Å². The summed E-state index contributed by atoms with van der Waals surface area (Å²) < 4.78 is 0. The lowest BCUT2D eigenvalue weighted by Crippen LogP contribution is -2.46.